The van der Waals surface area contributed by atoms with Gasteiger partial charge in [-0.15, -0.1) is 11.3 Å². The molecular formula is C15H22N2O3S. The molecule has 2 heterocycles. The van der Waals surface area contributed by atoms with Crippen molar-refractivity contribution in [3.8, 4) is 0 Å². The lowest BCUT2D eigenvalue weighted by Crippen LogP contribution is -2.46. The van der Waals surface area contributed by atoms with Crippen molar-refractivity contribution in [2.45, 2.75) is 39.2 Å². The predicted octanol–water partition coefficient (Wildman–Crippen LogP) is 2.58. The Hall–Kier alpha value is -1.56. The molecule has 1 saturated heterocycles. The zero-order valence-corrected chi connectivity index (χ0v) is 13.6. The molecule has 21 heavy (non-hydrogen) atoms. The van der Waals surface area contributed by atoms with Gasteiger partial charge in [-0.25, -0.2) is 4.79 Å². The standard InChI is InChI=1S/C15H22N2O3S/c1-4-11-9-13(21-10(11)2)14(18)16-12-5-7-17(8-6-12)15(19)20-3/h9,12H,4-8H2,1-3H3,(H,16,18). The van der Waals surface area contributed by atoms with E-state index in [9.17, 15) is 9.59 Å². The van der Waals surface area contributed by atoms with Crippen LogP contribution in [0.3, 0.4) is 0 Å². The van der Waals surface area contributed by atoms with Crippen LogP contribution in [0.1, 0.15) is 39.9 Å². The SMILES string of the molecule is CCc1cc(C(=O)NC2CCN(C(=O)OC)CC2)sc1C. The van der Waals surface area contributed by atoms with Gasteiger partial charge >= 0.3 is 6.09 Å². The number of hydrogen-bond donors (Lipinski definition) is 1. The second-order valence-electron chi connectivity index (χ2n) is 5.25. The maximum atomic E-state index is 12.3. The van der Waals surface area contributed by atoms with Crippen molar-refractivity contribution in [1.82, 2.24) is 10.2 Å². The molecule has 0 atom stereocenters. The van der Waals surface area contributed by atoms with Crippen molar-refractivity contribution in [2.24, 2.45) is 0 Å². The molecule has 2 rings (SSSR count). The number of thiophene rings is 1. The number of ether oxygens (including phenoxy) is 1. The quantitative estimate of drug-likeness (QED) is 0.933. The molecule has 0 aromatic carbocycles. The normalized spacial score (nSPS) is 15.9. The minimum absolute atomic E-state index is 0.000631. The Bertz CT molecular complexity index is 519. The fraction of sp³-hybridized carbons (Fsp3) is 0.600. The molecule has 1 aliphatic heterocycles. The molecule has 116 valence electrons. The zero-order chi connectivity index (χ0) is 15.4. The molecule has 0 radical (unpaired) electrons. The van der Waals surface area contributed by atoms with E-state index in [2.05, 4.69) is 19.2 Å². The number of aryl methyl sites for hydroxylation is 2. The second kappa shape index (κ2) is 6.93. The Balaban J connectivity index is 1.88. The summed E-state index contributed by atoms with van der Waals surface area (Å²) in [7, 11) is 1.39. The van der Waals surface area contributed by atoms with E-state index in [-0.39, 0.29) is 18.0 Å². The molecule has 0 spiro atoms. The number of rotatable bonds is 3. The van der Waals surface area contributed by atoms with Gasteiger partial charge in [-0.2, -0.15) is 0 Å². The van der Waals surface area contributed by atoms with E-state index < -0.39 is 0 Å². The molecule has 5 nitrogen and oxygen atoms in total. The maximum Gasteiger partial charge on any atom is 0.409 e. The molecule has 1 fully saturated rings. The fourth-order valence-electron chi connectivity index (χ4n) is 2.57. The first-order valence-electron chi connectivity index (χ1n) is 7.28. The average molecular weight is 310 g/mol. The van der Waals surface area contributed by atoms with Crippen molar-refractivity contribution in [3.63, 3.8) is 0 Å². The minimum atomic E-state index is -0.291. The van der Waals surface area contributed by atoms with E-state index in [0.29, 0.717) is 13.1 Å². The van der Waals surface area contributed by atoms with E-state index in [1.54, 1.807) is 16.2 Å². The molecule has 0 aliphatic carbocycles. The molecule has 1 aromatic rings. The monoisotopic (exact) mass is 310 g/mol. The first kappa shape index (κ1) is 15.8. The van der Waals surface area contributed by atoms with Crippen LogP contribution in [-0.2, 0) is 11.2 Å². The fourth-order valence-corrected chi connectivity index (χ4v) is 3.59. The smallest absolute Gasteiger partial charge is 0.409 e. The lowest BCUT2D eigenvalue weighted by Gasteiger charge is -2.31. The molecular weight excluding hydrogens is 288 g/mol. The van der Waals surface area contributed by atoms with Crippen molar-refractivity contribution >= 4 is 23.3 Å². The summed E-state index contributed by atoms with van der Waals surface area (Å²) < 4.78 is 4.70. The van der Waals surface area contributed by atoms with Crippen LogP contribution >= 0.6 is 11.3 Å². The highest BCUT2D eigenvalue weighted by molar-refractivity contribution is 7.14. The Morgan fingerprint density at radius 3 is 2.62 bits per heavy atom. The van der Waals surface area contributed by atoms with E-state index in [4.69, 9.17) is 4.74 Å². The predicted molar refractivity (Wildman–Crippen MR) is 82.9 cm³/mol. The van der Waals surface area contributed by atoms with Gasteiger partial charge in [0.1, 0.15) is 0 Å². The number of nitrogens with one attached hydrogen (secondary N) is 1. The number of piperidine rings is 1. The van der Waals surface area contributed by atoms with E-state index >= 15 is 0 Å². The highest BCUT2D eigenvalue weighted by atomic mass is 32.1. The third kappa shape index (κ3) is 3.75. The number of carbonyl (C=O) groups is 2. The third-order valence-corrected chi connectivity index (χ3v) is 4.98. The van der Waals surface area contributed by atoms with Gasteiger partial charge < -0.3 is 15.0 Å². The van der Waals surface area contributed by atoms with Gasteiger partial charge in [-0.1, -0.05) is 6.92 Å². The Morgan fingerprint density at radius 2 is 2.10 bits per heavy atom. The summed E-state index contributed by atoms with van der Waals surface area (Å²) >= 11 is 1.55. The first-order valence-corrected chi connectivity index (χ1v) is 8.09. The van der Waals surface area contributed by atoms with Crippen LogP contribution in [0, 0.1) is 6.92 Å². The molecule has 0 bridgehead atoms. The summed E-state index contributed by atoms with van der Waals surface area (Å²) in [6.45, 7) is 5.40. The van der Waals surface area contributed by atoms with Gasteiger partial charge in [0.05, 0.1) is 12.0 Å². The van der Waals surface area contributed by atoms with Crippen molar-refractivity contribution in [3.05, 3.63) is 21.4 Å². The maximum absolute atomic E-state index is 12.3. The Morgan fingerprint density at radius 1 is 1.43 bits per heavy atom. The molecule has 1 aliphatic rings. The highest BCUT2D eigenvalue weighted by Crippen LogP contribution is 2.22. The summed E-state index contributed by atoms with van der Waals surface area (Å²) in [6.07, 6.45) is 2.20. The average Bonchev–Trinajstić information content (AvgIpc) is 2.88. The number of nitrogens with zero attached hydrogens (tertiary/aromatic N) is 1. The van der Waals surface area contributed by atoms with E-state index in [0.717, 1.165) is 24.1 Å². The van der Waals surface area contributed by atoms with Crippen LogP contribution < -0.4 is 5.32 Å². The number of likely N-dealkylation sites (tertiary alicyclic amines) is 1. The molecule has 1 N–H and O–H groups in total. The number of carbonyl (C=O) groups excluding carboxylic acids is 2. The molecule has 0 unspecified atom stereocenters. The van der Waals surface area contributed by atoms with Gasteiger partial charge in [0.25, 0.3) is 5.91 Å². The van der Waals surface area contributed by atoms with Gasteiger partial charge in [-0.05, 0) is 37.8 Å². The van der Waals surface area contributed by atoms with Crippen LogP contribution in [0.2, 0.25) is 0 Å². The lowest BCUT2D eigenvalue weighted by atomic mass is 10.1. The molecule has 0 saturated carbocycles. The third-order valence-electron chi connectivity index (χ3n) is 3.89. The summed E-state index contributed by atoms with van der Waals surface area (Å²) in [5, 5.41) is 3.07. The number of methoxy groups -OCH3 is 1. The number of hydrogen-bond acceptors (Lipinski definition) is 4. The topological polar surface area (TPSA) is 58.6 Å². The van der Waals surface area contributed by atoms with E-state index in [1.807, 2.05) is 6.07 Å². The van der Waals surface area contributed by atoms with Gasteiger partial charge in [0.15, 0.2) is 0 Å². The summed E-state index contributed by atoms with van der Waals surface area (Å²) in [4.78, 5) is 27.3. The molecule has 2 amide bonds. The highest BCUT2D eigenvalue weighted by Gasteiger charge is 2.25. The van der Waals surface area contributed by atoms with E-state index in [1.165, 1.54) is 17.6 Å². The van der Waals surface area contributed by atoms with Gasteiger partial charge in [0, 0.05) is 24.0 Å². The van der Waals surface area contributed by atoms with Crippen LogP contribution in [0.5, 0.6) is 0 Å². The number of amides is 2. The zero-order valence-electron chi connectivity index (χ0n) is 12.8. The van der Waals surface area contributed by atoms with Crippen molar-refractivity contribution in [1.29, 1.82) is 0 Å². The summed E-state index contributed by atoms with van der Waals surface area (Å²) in [5.41, 5.74) is 1.24. The minimum Gasteiger partial charge on any atom is -0.453 e. The molecule has 1 aromatic heterocycles. The second-order valence-corrected chi connectivity index (χ2v) is 6.51. The van der Waals surface area contributed by atoms with Gasteiger partial charge in [0.2, 0.25) is 0 Å². The van der Waals surface area contributed by atoms with Gasteiger partial charge in [-0.3, -0.25) is 4.79 Å². The Labute approximate surface area is 129 Å². The van der Waals surface area contributed by atoms with Crippen molar-refractivity contribution < 1.29 is 14.3 Å². The lowest BCUT2D eigenvalue weighted by molar-refractivity contribution is 0.0896. The van der Waals surface area contributed by atoms with Crippen LogP contribution in [0.15, 0.2) is 6.07 Å². The largest absolute Gasteiger partial charge is 0.453 e. The van der Waals surface area contributed by atoms with Crippen LogP contribution in [0.25, 0.3) is 0 Å². The summed E-state index contributed by atoms with van der Waals surface area (Å²) in [5.74, 6) is -0.000631. The Kier molecular flexibility index (Phi) is 5.22. The van der Waals surface area contributed by atoms with Crippen LogP contribution in [0.4, 0.5) is 4.79 Å². The van der Waals surface area contributed by atoms with Crippen molar-refractivity contribution in [2.75, 3.05) is 20.2 Å². The first-order chi connectivity index (χ1) is 10.0. The van der Waals surface area contributed by atoms with Crippen LogP contribution in [-0.4, -0.2) is 43.1 Å². The summed E-state index contributed by atoms with van der Waals surface area (Å²) in [6, 6.07) is 2.12. The molecule has 6 heteroatoms.